The van der Waals surface area contributed by atoms with Crippen molar-refractivity contribution in [2.75, 3.05) is 0 Å². The summed E-state index contributed by atoms with van der Waals surface area (Å²) < 4.78 is 45.1. The number of hydrogen-bond donors (Lipinski definition) is 1. The molecular weight excluding hydrogens is 267 g/mol. The summed E-state index contributed by atoms with van der Waals surface area (Å²) in [7, 11) is 0. The highest BCUT2D eigenvalue weighted by molar-refractivity contribution is 5.31. The molecule has 0 bridgehead atoms. The summed E-state index contributed by atoms with van der Waals surface area (Å²) >= 11 is 0. The predicted molar refractivity (Wildman–Crippen MR) is 69.7 cm³/mol. The Balaban J connectivity index is 2.09. The molecule has 0 aliphatic rings. The average Bonchev–Trinajstić information content (AvgIpc) is 2.37. The fourth-order valence-corrected chi connectivity index (χ4v) is 1.77. The maximum Gasteiger partial charge on any atom is 0.132 e. The predicted octanol–water partition coefficient (Wildman–Crippen LogP) is 3.70. The van der Waals surface area contributed by atoms with Crippen LogP contribution in [-0.2, 0) is 6.61 Å². The Morgan fingerprint density at radius 3 is 2.40 bits per heavy atom. The number of halogens is 3. The van der Waals surface area contributed by atoms with Gasteiger partial charge in [-0.25, -0.2) is 13.2 Å². The Hall–Kier alpha value is -2.01. The van der Waals surface area contributed by atoms with Gasteiger partial charge in [0.2, 0.25) is 0 Å². The van der Waals surface area contributed by atoms with Gasteiger partial charge in [-0.3, -0.25) is 0 Å². The highest BCUT2D eigenvalue weighted by Gasteiger charge is 2.09. The van der Waals surface area contributed by atoms with Crippen molar-refractivity contribution >= 4 is 0 Å². The van der Waals surface area contributed by atoms with Gasteiger partial charge in [-0.15, -0.1) is 0 Å². The van der Waals surface area contributed by atoms with Gasteiger partial charge in [0, 0.05) is 29.3 Å². The molecule has 0 radical (unpaired) electrons. The number of rotatable bonds is 4. The van der Waals surface area contributed by atoms with E-state index in [1.54, 1.807) is 13.0 Å². The standard InChI is InChI=1S/C15H14F3NO/c1-9(19)13-5-4-12(7-15(13)18)20-8-10-2-3-11(16)6-14(10)17/h2-7,9H,8,19H2,1H3/t9-/m1/s1. The molecule has 2 N–H and O–H groups in total. The zero-order valence-electron chi connectivity index (χ0n) is 10.9. The number of ether oxygens (including phenoxy) is 1. The molecule has 0 saturated heterocycles. The second kappa shape index (κ2) is 5.96. The van der Waals surface area contributed by atoms with Crippen molar-refractivity contribution in [3.8, 4) is 5.75 Å². The SMILES string of the molecule is C[C@@H](N)c1ccc(OCc2ccc(F)cc2F)cc1F. The van der Waals surface area contributed by atoms with Crippen LogP contribution in [0.25, 0.3) is 0 Å². The minimum Gasteiger partial charge on any atom is -0.489 e. The van der Waals surface area contributed by atoms with Crippen LogP contribution in [0.2, 0.25) is 0 Å². The minimum atomic E-state index is -0.697. The van der Waals surface area contributed by atoms with E-state index in [0.29, 0.717) is 5.56 Å². The van der Waals surface area contributed by atoms with Crippen molar-refractivity contribution < 1.29 is 17.9 Å². The van der Waals surface area contributed by atoms with E-state index in [9.17, 15) is 13.2 Å². The third-order valence-electron chi connectivity index (χ3n) is 2.87. The lowest BCUT2D eigenvalue weighted by molar-refractivity contribution is 0.297. The van der Waals surface area contributed by atoms with Gasteiger partial charge in [0.1, 0.15) is 29.8 Å². The maximum absolute atomic E-state index is 13.7. The lowest BCUT2D eigenvalue weighted by atomic mass is 10.1. The van der Waals surface area contributed by atoms with E-state index in [0.717, 1.165) is 12.1 Å². The molecule has 0 saturated carbocycles. The van der Waals surface area contributed by atoms with Gasteiger partial charge < -0.3 is 10.5 Å². The first-order valence-electron chi connectivity index (χ1n) is 6.09. The Labute approximate surface area is 115 Å². The van der Waals surface area contributed by atoms with Crippen LogP contribution in [0.5, 0.6) is 5.75 Å². The zero-order valence-corrected chi connectivity index (χ0v) is 10.9. The number of benzene rings is 2. The normalized spacial score (nSPS) is 12.2. The fourth-order valence-electron chi connectivity index (χ4n) is 1.77. The van der Waals surface area contributed by atoms with Gasteiger partial charge in [0.05, 0.1) is 0 Å². The number of nitrogens with two attached hydrogens (primary N) is 1. The molecule has 20 heavy (non-hydrogen) atoms. The third-order valence-corrected chi connectivity index (χ3v) is 2.87. The van der Waals surface area contributed by atoms with Gasteiger partial charge in [-0.05, 0) is 25.1 Å². The van der Waals surface area contributed by atoms with Gasteiger partial charge in [0.15, 0.2) is 0 Å². The second-order valence-corrected chi connectivity index (χ2v) is 4.50. The van der Waals surface area contributed by atoms with Gasteiger partial charge in [-0.1, -0.05) is 6.07 Å². The van der Waals surface area contributed by atoms with Gasteiger partial charge >= 0.3 is 0 Å². The first-order chi connectivity index (χ1) is 9.47. The summed E-state index contributed by atoms with van der Waals surface area (Å²) in [4.78, 5) is 0. The molecule has 0 amide bonds. The second-order valence-electron chi connectivity index (χ2n) is 4.50. The Morgan fingerprint density at radius 2 is 1.80 bits per heavy atom. The molecule has 0 aliphatic heterocycles. The molecule has 1 atom stereocenters. The van der Waals surface area contributed by atoms with Crippen molar-refractivity contribution in [3.05, 3.63) is 65.0 Å². The largest absolute Gasteiger partial charge is 0.489 e. The van der Waals surface area contributed by atoms with E-state index < -0.39 is 23.5 Å². The molecule has 5 heteroatoms. The van der Waals surface area contributed by atoms with Crippen LogP contribution >= 0.6 is 0 Å². The van der Waals surface area contributed by atoms with Crippen LogP contribution in [0.4, 0.5) is 13.2 Å². The quantitative estimate of drug-likeness (QED) is 0.927. The minimum absolute atomic E-state index is 0.108. The van der Waals surface area contributed by atoms with Crippen molar-refractivity contribution in [2.45, 2.75) is 19.6 Å². The fraction of sp³-hybridized carbons (Fsp3) is 0.200. The third kappa shape index (κ3) is 3.30. The highest BCUT2D eigenvalue weighted by Crippen LogP contribution is 2.22. The summed E-state index contributed by atoms with van der Waals surface area (Å²) in [6.45, 7) is 1.57. The van der Waals surface area contributed by atoms with E-state index in [-0.39, 0.29) is 17.9 Å². The van der Waals surface area contributed by atoms with Crippen LogP contribution in [0.3, 0.4) is 0 Å². The van der Waals surface area contributed by atoms with E-state index >= 15 is 0 Å². The molecule has 0 heterocycles. The highest BCUT2D eigenvalue weighted by atomic mass is 19.1. The van der Waals surface area contributed by atoms with Crippen molar-refractivity contribution in [3.63, 3.8) is 0 Å². The topological polar surface area (TPSA) is 35.2 Å². The van der Waals surface area contributed by atoms with E-state index in [4.69, 9.17) is 10.5 Å². The Bertz CT molecular complexity index is 614. The molecule has 0 aliphatic carbocycles. The first kappa shape index (κ1) is 14.4. The molecule has 2 nitrogen and oxygen atoms in total. The average molecular weight is 281 g/mol. The molecule has 2 aromatic carbocycles. The smallest absolute Gasteiger partial charge is 0.132 e. The maximum atomic E-state index is 13.7. The molecule has 2 aromatic rings. The van der Waals surface area contributed by atoms with Crippen LogP contribution < -0.4 is 10.5 Å². The molecule has 0 unspecified atom stereocenters. The first-order valence-corrected chi connectivity index (χ1v) is 6.09. The van der Waals surface area contributed by atoms with Gasteiger partial charge in [-0.2, -0.15) is 0 Å². The Kier molecular flexibility index (Phi) is 4.29. The molecule has 0 spiro atoms. The Morgan fingerprint density at radius 1 is 1.05 bits per heavy atom. The molecular formula is C15H14F3NO. The van der Waals surface area contributed by atoms with Crippen molar-refractivity contribution in [2.24, 2.45) is 5.73 Å². The summed E-state index contributed by atoms with van der Waals surface area (Å²) in [5.41, 5.74) is 6.17. The number of hydrogen-bond acceptors (Lipinski definition) is 2. The zero-order chi connectivity index (χ0) is 14.7. The van der Waals surface area contributed by atoms with Gasteiger partial charge in [0.25, 0.3) is 0 Å². The van der Waals surface area contributed by atoms with Crippen LogP contribution in [-0.4, -0.2) is 0 Å². The monoisotopic (exact) mass is 281 g/mol. The van der Waals surface area contributed by atoms with E-state index in [1.807, 2.05) is 0 Å². The summed E-state index contributed by atoms with van der Waals surface area (Å²) in [6, 6.07) is 7.07. The molecule has 0 aromatic heterocycles. The van der Waals surface area contributed by atoms with E-state index in [2.05, 4.69) is 0 Å². The molecule has 0 fully saturated rings. The summed E-state index contributed by atoms with van der Waals surface area (Å²) in [5.74, 6) is -1.57. The lowest BCUT2D eigenvalue weighted by Crippen LogP contribution is -2.07. The van der Waals surface area contributed by atoms with Crippen LogP contribution in [0.15, 0.2) is 36.4 Å². The van der Waals surface area contributed by atoms with Crippen molar-refractivity contribution in [1.82, 2.24) is 0 Å². The summed E-state index contributed by atoms with van der Waals surface area (Å²) in [6.07, 6.45) is 0. The van der Waals surface area contributed by atoms with E-state index in [1.165, 1.54) is 18.2 Å². The molecule has 106 valence electrons. The van der Waals surface area contributed by atoms with Crippen molar-refractivity contribution in [1.29, 1.82) is 0 Å². The molecule has 2 rings (SSSR count). The lowest BCUT2D eigenvalue weighted by Gasteiger charge is -2.11. The van der Waals surface area contributed by atoms with Crippen LogP contribution in [0, 0.1) is 17.5 Å². The summed E-state index contributed by atoms with van der Waals surface area (Å²) in [5, 5.41) is 0. The van der Waals surface area contributed by atoms with Crippen LogP contribution in [0.1, 0.15) is 24.1 Å².